The van der Waals surface area contributed by atoms with Crippen molar-refractivity contribution in [3.63, 3.8) is 0 Å². The number of hydrogen-bond donors (Lipinski definition) is 1. The normalized spacial score (nSPS) is 25.2. The minimum atomic E-state index is -0.738. The Bertz CT molecular complexity index is 135. The maximum absolute atomic E-state index is 11.1. The highest BCUT2D eigenvalue weighted by Gasteiger charge is 2.34. The van der Waals surface area contributed by atoms with Crippen LogP contribution in [0, 0.1) is 5.41 Å². The Labute approximate surface area is 76.8 Å². The van der Waals surface area contributed by atoms with Crippen molar-refractivity contribution in [1.29, 1.82) is 0 Å². The molecule has 1 heterocycles. The molecule has 12 heavy (non-hydrogen) atoms. The second kappa shape index (κ2) is 4.46. The molecule has 1 fully saturated rings. The molecule has 1 saturated heterocycles. The summed E-state index contributed by atoms with van der Waals surface area (Å²) in [6, 6.07) is 0. The van der Waals surface area contributed by atoms with Crippen LogP contribution >= 0.6 is 0 Å². The van der Waals surface area contributed by atoms with Gasteiger partial charge in [-0.15, -0.1) is 0 Å². The molecule has 0 aliphatic carbocycles. The Kier molecular flexibility index (Phi) is 3.83. The lowest BCUT2D eigenvalue weighted by Gasteiger charge is -2.35. The fourth-order valence-electron chi connectivity index (χ4n) is 1.64. The highest BCUT2D eigenvalue weighted by molar-refractivity contribution is 7.90. The van der Waals surface area contributed by atoms with Crippen molar-refractivity contribution >= 4 is 11.2 Å². The molecule has 1 rings (SSSR count). The molecule has 1 aliphatic rings. The molecule has 2 N–H and O–H groups in total. The standard InChI is InChI=1S/C8H17NO2S/c1-12(10)7-8(6-9)2-4-11-5-3-8/h2-7,9H2,1H3. The minimum Gasteiger partial charge on any atom is -0.617 e. The lowest BCUT2D eigenvalue weighted by atomic mass is 9.82. The average Bonchev–Trinajstić information content (AvgIpc) is 2.05. The quantitative estimate of drug-likeness (QED) is 0.645. The van der Waals surface area contributed by atoms with E-state index in [9.17, 15) is 4.55 Å². The minimum absolute atomic E-state index is 0.0951. The van der Waals surface area contributed by atoms with Crippen LogP contribution in [-0.2, 0) is 15.9 Å². The van der Waals surface area contributed by atoms with E-state index in [4.69, 9.17) is 10.5 Å². The van der Waals surface area contributed by atoms with Crippen LogP contribution in [0.5, 0.6) is 0 Å². The van der Waals surface area contributed by atoms with Crippen LogP contribution in [0.2, 0.25) is 0 Å². The molecule has 0 bridgehead atoms. The number of hydrogen-bond acceptors (Lipinski definition) is 3. The third-order valence-electron chi connectivity index (χ3n) is 2.50. The van der Waals surface area contributed by atoms with Crippen LogP contribution in [0.4, 0.5) is 0 Å². The molecule has 0 radical (unpaired) electrons. The fraction of sp³-hybridized carbons (Fsp3) is 1.00. The Balaban J connectivity index is 2.48. The van der Waals surface area contributed by atoms with E-state index in [-0.39, 0.29) is 5.41 Å². The third kappa shape index (κ3) is 2.62. The van der Waals surface area contributed by atoms with E-state index in [2.05, 4.69) is 0 Å². The first-order valence-corrected chi connectivity index (χ1v) is 5.99. The molecule has 0 aromatic heterocycles. The summed E-state index contributed by atoms with van der Waals surface area (Å²) in [6.45, 7) is 2.18. The zero-order valence-corrected chi connectivity index (χ0v) is 8.36. The fourth-order valence-corrected chi connectivity index (χ4v) is 2.91. The summed E-state index contributed by atoms with van der Waals surface area (Å²) in [5.41, 5.74) is 5.79. The summed E-state index contributed by atoms with van der Waals surface area (Å²) >= 11 is -0.738. The second-order valence-corrected chi connectivity index (χ2v) is 4.97. The van der Waals surface area contributed by atoms with Crippen molar-refractivity contribution in [3.05, 3.63) is 0 Å². The molecule has 0 amide bonds. The van der Waals surface area contributed by atoms with Crippen LogP contribution in [-0.4, -0.2) is 36.3 Å². The first-order chi connectivity index (χ1) is 5.68. The van der Waals surface area contributed by atoms with Gasteiger partial charge in [0.25, 0.3) is 0 Å². The van der Waals surface area contributed by atoms with Crippen molar-refractivity contribution in [3.8, 4) is 0 Å². The number of rotatable bonds is 3. The van der Waals surface area contributed by atoms with Crippen LogP contribution < -0.4 is 5.73 Å². The van der Waals surface area contributed by atoms with Gasteiger partial charge >= 0.3 is 0 Å². The van der Waals surface area contributed by atoms with Gasteiger partial charge in [-0.2, -0.15) is 0 Å². The smallest absolute Gasteiger partial charge is 0.112 e. The maximum atomic E-state index is 11.1. The Hall–Kier alpha value is 0.230. The molecule has 1 unspecified atom stereocenters. The number of ether oxygens (including phenoxy) is 1. The molecule has 0 aromatic rings. The molecule has 72 valence electrons. The van der Waals surface area contributed by atoms with E-state index in [0.29, 0.717) is 6.54 Å². The highest BCUT2D eigenvalue weighted by Crippen LogP contribution is 2.30. The molecule has 0 saturated carbocycles. The molecule has 1 aliphatic heterocycles. The molecule has 4 heteroatoms. The average molecular weight is 191 g/mol. The lowest BCUT2D eigenvalue weighted by Crippen LogP contribution is -2.41. The van der Waals surface area contributed by atoms with E-state index in [1.165, 1.54) is 0 Å². The van der Waals surface area contributed by atoms with Gasteiger partial charge in [0, 0.05) is 25.2 Å². The Morgan fingerprint density at radius 1 is 1.50 bits per heavy atom. The van der Waals surface area contributed by atoms with Crippen LogP contribution in [0.25, 0.3) is 0 Å². The van der Waals surface area contributed by atoms with Crippen molar-refractivity contribution in [2.75, 3.05) is 31.8 Å². The van der Waals surface area contributed by atoms with Crippen LogP contribution in [0.3, 0.4) is 0 Å². The summed E-state index contributed by atoms with van der Waals surface area (Å²) < 4.78 is 16.3. The zero-order valence-electron chi connectivity index (χ0n) is 7.54. The first-order valence-electron chi connectivity index (χ1n) is 4.26. The van der Waals surface area contributed by atoms with Gasteiger partial charge in [0.15, 0.2) is 0 Å². The van der Waals surface area contributed by atoms with Crippen LogP contribution in [0.15, 0.2) is 0 Å². The van der Waals surface area contributed by atoms with E-state index in [1.54, 1.807) is 6.26 Å². The van der Waals surface area contributed by atoms with E-state index >= 15 is 0 Å². The van der Waals surface area contributed by atoms with Gasteiger partial charge in [0.2, 0.25) is 0 Å². The van der Waals surface area contributed by atoms with Crippen molar-refractivity contribution in [2.45, 2.75) is 12.8 Å². The summed E-state index contributed by atoms with van der Waals surface area (Å²) in [7, 11) is 0. The summed E-state index contributed by atoms with van der Waals surface area (Å²) in [4.78, 5) is 0. The largest absolute Gasteiger partial charge is 0.617 e. The third-order valence-corrected chi connectivity index (χ3v) is 3.51. The van der Waals surface area contributed by atoms with E-state index in [0.717, 1.165) is 31.8 Å². The van der Waals surface area contributed by atoms with Crippen LogP contribution in [0.1, 0.15) is 12.8 Å². The van der Waals surface area contributed by atoms with Gasteiger partial charge in [-0.05, 0) is 12.8 Å². The van der Waals surface area contributed by atoms with Crippen molar-refractivity contribution < 1.29 is 9.29 Å². The first kappa shape index (κ1) is 10.3. The molecule has 1 atom stereocenters. The van der Waals surface area contributed by atoms with Gasteiger partial charge in [0.1, 0.15) is 5.75 Å². The van der Waals surface area contributed by atoms with Gasteiger partial charge in [0.05, 0.1) is 6.26 Å². The second-order valence-electron chi connectivity index (χ2n) is 3.53. The maximum Gasteiger partial charge on any atom is 0.112 e. The highest BCUT2D eigenvalue weighted by atomic mass is 32.2. The Morgan fingerprint density at radius 2 is 2.08 bits per heavy atom. The molecule has 0 spiro atoms. The summed E-state index contributed by atoms with van der Waals surface area (Å²) in [6.07, 6.45) is 3.67. The molecular formula is C8H17NO2S. The summed E-state index contributed by atoms with van der Waals surface area (Å²) in [5, 5.41) is 0. The Morgan fingerprint density at radius 3 is 2.50 bits per heavy atom. The predicted octanol–water partition coefficient (Wildman–Crippen LogP) is 0.120. The monoisotopic (exact) mass is 191 g/mol. The SMILES string of the molecule is C[S+]([O-])CC1(CN)CCOCC1. The van der Waals surface area contributed by atoms with E-state index in [1.807, 2.05) is 0 Å². The van der Waals surface area contributed by atoms with E-state index < -0.39 is 11.2 Å². The molecule has 0 aromatic carbocycles. The van der Waals surface area contributed by atoms with Gasteiger partial charge in [-0.1, -0.05) is 11.2 Å². The number of nitrogens with two attached hydrogens (primary N) is 1. The molecular weight excluding hydrogens is 174 g/mol. The topological polar surface area (TPSA) is 58.3 Å². The molecule has 3 nitrogen and oxygen atoms in total. The predicted molar refractivity (Wildman–Crippen MR) is 50.5 cm³/mol. The van der Waals surface area contributed by atoms with Gasteiger partial charge in [-0.25, -0.2) is 0 Å². The van der Waals surface area contributed by atoms with Crippen molar-refractivity contribution in [2.24, 2.45) is 11.1 Å². The van der Waals surface area contributed by atoms with Crippen molar-refractivity contribution in [1.82, 2.24) is 0 Å². The van der Waals surface area contributed by atoms with Gasteiger partial charge in [-0.3, -0.25) is 0 Å². The lowest BCUT2D eigenvalue weighted by molar-refractivity contribution is 0.0296. The van der Waals surface area contributed by atoms with Gasteiger partial charge < -0.3 is 15.0 Å². The summed E-state index contributed by atoms with van der Waals surface area (Å²) in [5.74, 6) is 0.729. The zero-order chi connectivity index (χ0) is 9.03.